The first-order valence-corrected chi connectivity index (χ1v) is 15.6. The molecule has 0 heterocycles. The maximum Gasteiger partial charge on any atom is 0.417 e. The van der Waals surface area contributed by atoms with Gasteiger partial charge in [-0.3, -0.25) is 20.2 Å². The molecule has 49 heavy (non-hydrogen) atoms. The van der Waals surface area contributed by atoms with Gasteiger partial charge in [0.25, 0.3) is 5.69 Å². The smallest absolute Gasteiger partial charge is 0.417 e. The average Bonchev–Trinajstić information content (AvgIpc) is 3.07. The van der Waals surface area contributed by atoms with Crippen LogP contribution in [0.15, 0.2) is 102 Å². The van der Waals surface area contributed by atoms with Gasteiger partial charge in [-0.15, -0.1) is 0 Å². The molecule has 0 aliphatic rings. The second kappa shape index (κ2) is 19.4. The number of carboxylic acids is 1. The summed E-state index contributed by atoms with van der Waals surface area (Å²) in [6.45, 7) is 2.64. The Hall–Kier alpha value is -6.29. The van der Waals surface area contributed by atoms with Crippen molar-refractivity contribution >= 4 is 64.5 Å². The number of hydrogen-bond acceptors (Lipinski definition) is 9. The van der Waals surface area contributed by atoms with Crippen molar-refractivity contribution in [2.75, 3.05) is 27.2 Å². The first-order chi connectivity index (χ1) is 23.5. The number of nitrogens with zero attached hydrogens (tertiary/aromatic N) is 1. The lowest BCUT2D eigenvalue weighted by atomic mass is 10.1. The number of benzene rings is 4. The van der Waals surface area contributed by atoms with Crippen LogP contribution >= 0.6 is 11.9 Å². The molecule has 4 aromatic rings. The summed E-state index contributed by atoms with van der Waals surface area (Å²) in [5.74, 6) is -0.634. The molecule has 0 aromatic heterocycles. The van der Waals surface area contributed by atoms with Crippen molar-refractivity contribution in [2.45, 2.75) is 31.1 Å². The van der Waals surface area contributed by atoms with Gasteiger partial charge >= 0.3 is 24.1 Å². The van der Waals surface area contributed by atoms with Gasteiger partial charge in [0.1, 0.15) is 5.75 Å². The Balaban J connectivity index is 0.000000267. The second-order valence-corrected chi connectivity index (χ2v) is 10.9. The number of amides is 5. The topological polar surface area (TPSA) is 227 Å². The van der Waals surface area contributed by atoms with Gasteiger partial charge in [-0.1, -0.05) is 25.1 Å². The monoisotopic (exact) mass is 689 g/mol. The molecule has 16 heteroatoms. The lowest BCUT2D eigenvalue weighted by Gasteiger charge is -2.10. The van der Waals surface area contributed by atoms with Crippen LogP contribution in [0.2, 0.25) is 0 Å². The minimum atomic E-state index is -0.801. The molecule has 0 radical (unpaired) electrons. The number of aryl methyl sites for hydroxylation is 1. The van der Waals surface area contributed by atoms with Crippen LogP contribution < -0.4 is 36.5 Å². The van der Waals surface area contributed by atoms with Crippen molar-refractivity contribution < 1.29 is 33.9 Å². The number of hydrogen-bond donors (Lipinski definition) is 7. The Labute approximate surface area is 285 Å². The van der Waals surface area contributed by atoms with Gasteiger partial charge in [0.2, 0.25) is 0 Å². The number of nitro benzene ring substituents is 1. The van der Waals surface area contributed by atoms with E-state index in [1.54, 1.807) is 24.3 Å². The molecule has 0 saturated heterocycles. The molecule has 256 valence electrons. The Bertz CT molecular complexity index is 1740. The number of carbonyl (C=O) groups is 4. The number of nitrogens with two attached hydrogens (primary N) is 1. The quantitative estimate of drug-likeness (QED) is 0.0430. The van der Waals surface area contributed by atoms with E-state index in [9.17, 15) is 29.3 Å². The molecule has 5 amide bonds. The molecular formula is C33H35N7O8S. The third-order valence-corrected chi connectivity index (χ3v) is 6.95. The maximum absolute atomic E-state index is 11.7. The van der Waals surface area contributed by atoms with Crippen molar-refractivity contribution in [3.8, 4) is 5.75 Å². The fourth-order valence-corrected chi connectivity index (χ4v) is 4.57. The molecule has 4 aromatic carbocycles. The van der Waals surface area contributed by atoms with Crippen LogP contribution in [0.3, 0.4) is 0 Å². The van der Waals surface area contributed by atoms with Gasteiger partial charge in [-0.2, -0.15) is 0 Å². The first kappa shape index (κ1) is 37.2. The van der Waals surface area contributed by atoms with Crippen molar-refractivity contribution in [3.05, 3.63) is 113 Å². The average molecular weight is 690 g/mol. The molecule has 0 unspecified atom stereocenters. The van der Waals surface area contributed by atoms with Crippen molar-refractivity contribution in [1.29, 1.82) is 0 Å². The maximum atomic E-state index is 11.7. The molecule has 0 bridgehead atoms. The summed E-state index contributed by atoms with van der Waals surface area (Å²) in [4.78, 5) is 55.7. The highest BCUT2D eigenvalue weighted by Crippen LogP contribution is 2.25. The zero-order valence-electron chi connectivity index (χ0n) is 26.3. The van der Waals surface area contributed by atoms with Gasteiger partial charge in [-0.05, 0) is 97.1 Å². The Morgan fingerprint density at radius 1 is 0.837 bits per heavy atom. The van der Waals surface area contributed by atoms with Crippen LogP contribution in [0, 0.1) is 10.1 Å². The number of primary amides is 1. The number of ether oxygens (including phenoxy) is 1. The summed E-state index contributed by atoms with van der Waals surface area (Å²) in [5, 5.41) is 29.7. The van der Waals surface area contributed by atoms with Crippen LogP contribution in [0.1, 0.15) is 25.3 Å². The molecule has 0 atom stereocenters. The van der Waals surface area contributed by atoms with E-state index in [1.807, 2.05) is 55.5 Å². The Morgan fingerprint density at radius 3 is 2.12 bits per heavy atom. The number of nitro groups is 1. The molecule has 0 saturated carbocycles. The molecule has 0 aliphatic carbocycles. The summed E-state index contributed by atoms with van der Waals surface area (Å²) < 4.78 is 8.23. The number of anilines is 4. The molecule has 4 rings (SSSR count). The van der Waals surface area contributed by atoms with E-state index in [4.69, 9.17) is 15.6 Å². The summed E-state index contributed by atoms with van der Waals surface area (Å²) >= 11 is 1.43. The SMILES string of the molecule is CCCNC(=O)Nc1cccc(SNc2cccc(CCC(=O)O)c2)c1.NC(=O)Nc1ccc(NC(=O)Oc2ccc([N+](=O)[O-])cc2)cc1. The normalized spacial score (nSPS) is 9.98. The van der Waals surface area contributed by atoms with E-state index in [1.165, 1.54) is 36.2 Å². The van der Waals surface area contributed by atoms with Crippen molar-refractivity contribution in [3.63, 3.8) is 0 Å². The molecule has 0 spiro atoms. The minimum Gasteiger partial charge on any atom is -0.481 e. The highest BCUT2D eigenvalue weighted by Gasteiger charge is 2.09. The van der Waals surface area contributed by atoms with Crippen LogP contribution in [0.4, 0.5) is 42.8 Å². The largest absolute Gasteiger partial charge is 0.481 e. The van der Waals surface area contributed by atoms with Crippen molar-refractivity contribution in [1.82, 2.24) is 5.32 Å². The Kier molecular flexibility index (Phi) is 14.7. The van der Waals surface area contributed by atoms with E-state index >= 15 is 0 Å². The highest BCUT2D eigenvalue weighted by atomic mass is 32.2. The van der Waals surface area contributed by atoms with Crippen LogP contribution in [0.25, 0.3) is 0 Å². The summed E-state index contributed by atoms with van der Waals surface area (Å²) in [5.41, 5.74) is 8.39. The van der Waals surface area contributed by atoms with Gasteiger partial charge < -0.3 is 36.2 Å². The lowest BCUT2D eigenvalue weighted by Crippen LogP contribution is -2.29. The Morgan fingerprint density at radius 2 is 1.49 bits per heavy atom. The third kappa shape index (κ3) is 14.3. The number of nitrogens with one attached hydrogen (secondary N) is 5. The molecule has 15 nitrogen and oxygen atoms in total. The number of non-ortho nitro benzene ring substituents is 1. The van der Waals surface area contributed by atoms with Crippen LogP contribution in [-0.2, 0) is 11.2 Å². The van der Waals surface area contributed by atoms with Crippen LogP contribution in [-0.4, -0.2) is 40.7 Å². The fraction of sp³-hybridized carbons (Fsp3) is 0.152. The molecule has 0 aliphatic heterocycles. The first-order valence-electron chi connectivity index (χ1n) is 14.8. The number of rotatable bonds is 13. The molecule has 8 N–H and O–H groups in total. The second-order valence-electron chi connectivity index (χ2n) is 10.0. The molecular weight excluding hydrogens is 654 g/mol. The zero-order chi connectivity index (χ0) is 35.6. The van der Waals surface area contributed by atoms with E-state index in [0.717, 1.165) is 28.3 Å². The third-order valence-electron chi connectivity index (χ3n) is 6.13. The number of carboxylic acid groups (broad SMARTS) is 1. The van der Waals surface area contributed by atoms with E-state index < -0.39 is 23.0 Å². The summed E-state index contributed by atoms with van der Waals surface area (Å²) in [7, 11) is 0. The van der Waals surface area contributed by atoms with Crippen LogP contribution in [0.5, 0.6) is 5.75 Å². The zero-order valence-corrected chi connectivity index (χ0v) is 27.1. The highest BCUT2D eigenvalue weighted by molar-refractivity contribution is 8.00. The van der Waals surface area contributed by atoms with E-state index in [-0.39, 0.29) is 23.9 Å². The summed E-state index contributed by atoms with van der Waals surface area (Å²) in [6, 6.07) is 25.6. The van der Waals surface area contributed by atoms with Gasteiger partial charge in [0.05, 0.1) is 4.92 Å². The van der Waals surface area contributed by atoms with Gasteiger partial charge in [0, 0.05) is 52.7 Å². The van der Waals surface area contributed by atoms with Gasteiger partial charge in [-0.25, -0.2) is 14.4 Å². The standard InChI is InChI=1S/C19H23N3O3S.C14H12N4O5/c1-2-11-20-19(25)21-15-6-4-8-17(13-15)26-22-16-7-3-5-14(12-16)9-10-18(23)24;15-13(19)16-9-1-3-10(4-2-9)17-14(20)23-12-7-5-11(6-8-12)18(21)22/h3-8,12-13,22H,2,9-11H2,1H3,(H,23,24)(H2,20,21,25);1-8H,(H,17,20)(H3,15,16,19). The number of carbonyl (C=O) groups excluding carboxylic acids is 3. The van der Waals surface area contributed by atoms with Gasteiger partial charge in [0.15, 0.2) is 0 Å². The van der Waals surface area contributed by atoms with Crippen molar-refractivity contribution in [2.24, 2.45) is 5.73 Å². The number of aliphatic carboxylic acids is 1. The lowest BCUT2D eigenvalue weighted by molar-refractivity contribution is -0.384. The number of urea groups is 2. The fourth-order valence-electron chi connectivity index (χ4n) is 3.88. The van der Waals surface area contributed by atoms with E-state index in [0.29, 0.717) is 24.3 Å². The summed E-state index contributed by atoms with van der Waals surface area (Å²) in [6.07, 6.45) is 0.750. The predicted octanol–water partition coefficient (Wildman–Crippen LogP) is 7.05. The molecule has 0 fully saturated rings. The predicted molar refractivity (Wildman–Crippen MR) is 188 cm³/mol. The minimum absolute atomic E-state index is 0.102. The van der Waals surface area contributed by atoms with E-state index in [2.05, 4.69) is 26.0 Å².